The third-order valence-electron chi connectivity index (χ3n) is 1.62. The van der Waals surface area contributed by atoms with E-state index in [1.54, 1.807) is 0 Å². The predicted molar refractivity (Wildman–Crippen MR) is 51.2 cm³/mol. The Balaban J connectivity index is 2.60. The van der Waals surface area contributed by atoms with Crippen LogP contribution in [0.5, 0.6) is 0 Å². The maximum absolute atomic E-state index is 5.36. The summed E-state index contributed by atoms with van der Waals surface area (Å²) in [6, 6.07) is 5.98. The van der Waals surface area contributed by atoms with Gasteiger partial charge in [0.25, 0.3) is 0 Å². The molecule has 0 radical (unpaired) electrons. The van der Waals surface area contributed by atoms with Crippen LogP contribution >= 0.6 is 0 Å². The predicted octanol–water partition coefficient (Wildman–Crippen LogP) is 1.01. The van der Waals surface area contributed by atoms with Gasteiger partial charge in [0.15, 0.2) is 0 Å². The van der Waals surface area contributed by atoms with Crippen molar-refractivity contribution in [2.75, 3.05) is 18.4 Å². The highest BCUT2D eigenvalue weighted by Crippen LogP contribution is 2.04. The van der Waals surface area contributed by atoms with E-state index in [-0.39, 0.29) is 0 Å². The molecule has 0 spiro atoms. The van der Waals surface area contributed by atoms with Crippen molar-refractivity contribution in [2.45, 2.75) is 13.3 Å². The largest absolute Gasteiger partial charge is 0.369 e. The van der Waals surface area contributed by atoms with Crippen LogP contribution in [-0.4, -0.2) is 18.1 Å². The van der Waals surface area contributed by atoms with Crippen molar-refractivity contribution in [2.24, 2.45) is 5.73 Å². The van der Waals surface area contributed by atoms with E-state index in [0.717, 1.165) is 24.5 Å². The van der Waals surface area contributed by atoms with Crippen LogP contribution in [0.4, 0.5) is 5.82 Å². The molecule has 0 bridgehead atoms. The second kappa shape index (κ2) is 4.72. The third-order valence-corrected chi connectivity index (χ3v) is 1.62. The zero-order chi connectivity index (χ0) is 8.81. The minimum absolute atomic E-state index is 0.637. The summed E-state index contributed by atoms with van der Waals surface area (Å²) < 4.78 is 0. The lowest BCUT2D eigenvalue weighted by molar-refractivity contribution is 0.986. The summed E-state index contributed by atoms with van der Waals surface area (Å²) in [7, 11) is 0. The number of pyridine rings is 1. The highest BCUT2D eigenvalue weighted by atomic mass is 15.0. The van der Waals surface area contributed by atoms with Gasteiger partial charge in [-0.2, -0.15) is 0 Å². The molecule has 1 aromatic heterocycles. The van der Waals surface area contributed by atoms with E-state index in [1.165, 1.54) is 0 Å². The first kappa shape index (κ1) is 9.00. The standard InChI is InChI=1S/C9H15N3/c1-2-8-4-3-5-9(12-8)11-7-6-10/h3-5H,2,6-7,10H2,1H3,(H,11,12). The fourth-order valence-electron chi connectivity index (χ4n) is 0.975. The first-order valence-electron chi connectivity index (χ1n) is 4.26. The molecule has 0 aliphatic carbocycles. The third kappa shape index (κ3) is 2.51. The van der Waals surface area contributed by atoms with Gasteiger partial charge in [0.2, 0.25) is 0 Å². The van der Waals surface area contributed by atoms with Gasteiger partial charge in [0.05, 0.1) is 0 Å². The zero-order valence-electron chi connectivity index (χ0n) is 7.38. The topological polar surface area (TPSA) is 50.9 Å². The molecule has 3 N–H and O–H groups in total. The molecule has 0 aliphatic heterocycles. The Morgan fingerprint density at radius 1 is 1.50 bits per heavy atom. The molecule has 0 aliphatic rings. The minimum Gasteiger partial charge on any atom is -0.369 e. The molecule has 12 heavy (non-hydrogen) atoms. The van der Waals surface area contributed by atoms with E-state index in [0.29, 0.717) is 6.54 Å². The Bertz CT molecular complexity index is 235. The number of hydrogen-bond donors (Lipinski definition) is 2. The van der Waals surface area contributed by atoms with E-state index in [1.807, 2.05) is 18.2 Å². The molecule has 3 heteroatoms. The summed E-state index contributed by atoms with van der Waals surface area (Å²) in [5.41, 5.74) is 6.46. The molecule has 0 saturated carbocycles. The Hall–Kier alpha value is -1.09. The number of aromatic nitrogens is 1. The van der Waals surface area contributed by atoms with Gasteiger partial charge in [-0.3, -0.25) is 0 Å². The van der Waals surface area contributed by atoms with Gasteiger partial charge >= 0.3 is 0 Å². The molecular formula is C9H15N3. The van der Waals surface area contributed by atoms with Crippen molar-refractivity contribution in [3.8, 4) is 0 Å². The van der Waals surface area contributed by atoms with Gasteiger partial charge in [0, 0.05) is 18.8 Å². The summed E-state index contributed by atoms with van der Waals surface area (Å²) in [6.45, 7) is 3.51. The number of hydrogen-bond acceptors (Lipinski definition) is 3. The Kier molecular flexibility index (Phi) is 3.54. The van der Waals surface area contributed by atoms with E-state index in [2.05, 4.69) is 17.2 Å². The normalized spacial score (nSPS) is 9.83. The van der Waals surface area contributed by atoms with Crippen molar-refractivity contribution in [3.05, 3.63) is 23.9 Å². The van der Waals surface area contributed by atoms with Gasteiger partial charge < -0.3 is 11.1 Å². The van der Waals surface area contributed by atoms with Gasteiger partial charge in [-0.05, 0) is 18.6 Å². The van der Waals surface area contributed by atoms with Crippen molar-refractivity contribution >= 4 is 5.82 Å². The lowest BCUT2D eigenvalue weighted by Gasteiger charge is -2.04. The Labute approximate surface area is 73.0 Å². The summed E-state index contributed by atoms with van der Waals surface area (Å²) in [4.78, 5) is 4.36. The average Bonchev–Trinajstić information content (AvgIpc) is 2.15. The lowest BCUT2D eigenvalue weighted by Crippen LogP contribution is -2.14. The van der Waals surface area contributed by atoms with E-state index in [9.17, 15) is 0 Å². The fourth-order valence-corrected chi connectivity index (χ4v) is 0.975. The van der Waals surface area contributed by atoms with Crippen LogP contribution in [0.25, 0.3) is 0 Å². The summed E-state index contributed by atoms with van der Waals surface area (Å²) in [5.74, 6) is 0.916. The summed E-state index contributed by atoms with van der Waals surface area (Å²) >= 11 is 0. The molecule has 0 aromatic carbocycles. The Morgan fingerprint density at radius 3 is 3.00 bits per heavy atom. The molecule has 1 aromatic rings. The summed E-state index contributed by atoms with van der Waals surface area (Å²) in [5, 5.41) is 3.13. The molecule has 0 saturated heterocycles. The molecule has 3 nitrogen and oxygen atoms in total. The van der Waals surface area contributed by atoms with Crippen LogP contribution in [0.3, 0.4) is 0 Å². The average molecular weight is 165 g/mol. The van der Waals surface area contributed by atoms with Gasteiger partial charge in [-0.15, -0.1) is 0 Å². The smallest absolute Gasteiger partial charge is 0.126 e. The number of aryl methyl sites for hydroxylation is 1. The SMILES string of the molecule is CCc1cccc(NCCN)n1. The quantitative estimate of drug-likeness (QED) is 0.700. The Morgan fingerprint density at radius 2 is 2.33 bits per heavy atom. The highest BCUT2D eigenvalue weighted by molar-refractivity contribution is 5.35. The molecule has 0 fully saturated rings. The first-order valence-corrected chi connectivity index (χ1v) is 4.26. The first-order chi connectivity index (χ1) is 5.86. The zero-order valence-corrected chi connectivity index (χ0v) is 7.38. The molecule has 1 rings (SSSR count). The second-order valence-electron chi connectivity index (χ2n) is 2.58. The number of nitrogens with zero attached hydrogens (tertiary/aromatic N) is 1. The molecule has 0 atom stereocenters. The van der Waals surface area contributed by atoms with E-state index >= 15 is 0 Å². The molecule has 0 amide bonds. The van der Waals surface area contributed by atoms with Crippen LogP contribution in [0.1, 0.15) is 12.6 Å². The van der Waals surface area contributed by atoms with Crippen LogP contribution in [0.15, 0.2) is 18.2 Å². The van der Waals surface area contributed by atoms with Crippen molar-refractivity contribution < 1.29 is 0 Å². The van der Waals surface area contributed by atoms with E-state index < -0.39 is 0 Å². The molecule has 1 heterocycles. The fraction of sp³-hybridized carbons (Fsp3) is 0.444. The van der Waals surface area contributed by atoms with Crippen molar-refractivity contribution in [1.29, 1.82) is 0 Å². The number of nitrogens with two attached hydrogens (primary N) is 1. The molecular weight excluding hydrogens is 150 g/mol. The van der Waals surface area contributed by atoms with Crippen molar-refractivity contribution in [1.82, 2.24) is 4.98 Å². The van der Waals surface area contributed by atoms with Crippen molar-refractivity contribution in [3.63, 3.8) is 0 Å². The van der Waals surface area contributed by atoms with Crippen LogP contribution in [-0.2, 0) is 6.42 Å². The van der Waals surface area contributed by atoms with Crippen LogP contribution < -0.4 is 11.1 Å². The second-order valence-corrected chi connectivity index (χ2v) is 2.58. The van der Waals surface area contributed by atoms with Gasteiger partial charge in [0.1, 0.15) is 5.82 Å². The maximum Gasteiger partial charge on any atom is 0.126 e. The number of nitrogens with one attached hydrogen (secondary N) is 1. The molecule has 0 unspecified atom stereocenters. The van der Waals surface area contributed by atoms with E-state index in [4.69, 9.17) is 5.73 Å². The summed E-state index contributed by atoms with van der Waals surface area (Å²) in [6.07, 6.45) is 0.970. The van der Waals surface area contributed by atoms with Gasteiger partial charge in [-0.1, -0.05) is 13.0 Å². The lowest BCUT2D eigenvalue weighted by atomic mass is 10.3. The highest BCUT2D eigenvalue weighted by Gasteiger charge is 1.93. The van der Waals surface area contributed by atoms with Crippen LogP contribution in [0.2, 0.25) is 0 Å². The van der Waals surface area contributed by atoms with Crippen LogP contribution in [0, 0.1) is 0 Å². The van der Waals surface area contributed by atoms with Gasteiger partial charge in [-0.25, -0.2) is 4.98 Å². The maximum atomic E-state index is 5.36. The monoisotopic (exact) mass is 165 g/mol. The minimum atomic E-state index is 0.637. The molecule has 66 valence electrons. The number of rotatable bonds is 4. The number of anilines is 1.